The number of piperidine rings is 1. The second-order valence-electron chi connectivity index (χ2n) is 4.70. The molecule has 0 bridgehead atoms. The van der Waals surface area contributed by atoms with E-state index in [0.29, 0.717) is 11.8 Å². The Kier molecular flexibility index (Phi) is 2.48. The second-order valence-corrected chi connectivity index (χ2v) is 4.70. The fraction of sp³-hybridized carbons (Fsp3) is 0.462. The minimum atomic E-state index is -0.244. The van der Waals surface area contributed by atoms with E-state index in [-0.39, 0.29) is 5.82 Å². The van der Waals surface area contributed by atoms with E-state index in [4.69, 9.17) is 0 Å². The van der Waals surface area contributed by atoms with Gasteiger partial charge in [-0.3, -0.25) is 4.98 Å². The molecule has 3 heteroatoms. The molecule has 0 radical (unpaired) electrons. The zero-order valence-corrected chi connectivity index (χ0v) is 9.12. The minimum Gasteiger partial charge on any atom is -0.316 e. The molecule has 2 heterocycles. The number of hydrogen-bond donors (Lipinski definition) is 1. The average Bonchev–Trinajstić information content (AvgIpc) is 2.72. The van der Waals surface area contributed by atoms with Crippen LogP contribution in [0.15, 0.2) is 24.5 Å². The van der Waals surface area contributed by atoms with Crippen LogP contribution in [0.5, 0.6) is 0 Å². The fourth-order valence-electron chi connectivity index (χ4n) is 2.80. The van der Waals surface area contributed by atoms with Crippen LogP contribution in [0.3, 0.4) is 0 Å². The highest BCUT2D eigenvalue weighted by Gasteiger charge is 2.30. The highest BCUT2D eigenvalue weighted by Crippen LogP contribution is 2.38. The van der Waals surface area contributed by atoms with Gasteiger partial charge < -0.3 is 5.32 Å². The zero-order valence-electron chi connectivity index (χ0n) is 9.12. The summed E-state index contributed by atoms with van der Waals surface area (Å²) in [4.78, 5) is 3.91. The van der Waals surface area contributed by atoms with Crippen molar-refractivity contribution in [3.05, 3.63) is 35.9 Å². The molecule has 1 aromatic rings. The van der Waals surface area contributed by atoms with E-state index in [0.717, 1.165) is 25.1 Å². The third-order valence-electron chi connectivity index (χ3n) is 3.64. The molecule has 2 aliphatic rings. The smallest absolute Gasteiger partial charge is 0.142 e. The van der Waals surface area contributed by atoms with Crippen molar-refractivity contribution in [2.45, 2.75) is 12.8 Å². The second kappa shape index (κ2) is 3.98. The van der Waals surface area contributed by atoms with Crippen molar-refractivity contribution in [2.75, 3.05) is 13.1 Å². The van der Waals surface area contributed by atoms with Crippen molar-refractivity contribution in [3.63, 3.8) is 0 Å². The average molecular weight is 218 g/mol. The standard InChI is InChI=1S/C13H15FN2/c14-13-5-12(7-16-8-13)10-3-9-1-2-15-6-11(9)4-10/h3,5,7-9,11,15H,1-2,4,6H2/t9-,11-/m1/s1. The topological polar surface area (TPSA) is 24.9 Å². The minimum absolute atomic E-state index is 0.244. The zero-order chi connectivity index (χ0) is 11.0. The summed E-state index contributed by atoms with van der Waals surface area (Å²) in [6, 6.07) is 1.59. The molecule has 1 aliphatic heterocycles. The predicted octanol–water partition coefficient (Wildman–Crippen LogP) is 2.23. The number of hydrogen-bond acceptors (Lipinski definition) is 2. The summed E-state index contributed by atoms with van der Waals surface area (Å²) < 4.78 is 13.1. The third kappa shape index (κ3) is 1.76. The third-order valence-corrected chi connectivity index (χ3v) is 3.64. The maximum Gasteiger partial charge on any atom is 0.142 e. The number of aromatic nitrogens is 1. The van der Waals surface area contributed by atoms with Crippen molar-refractivity contribution in [1.29, 1.82) is 0 Å². The van der Waals surface area contributed by atoms with Crippen molar-refractivity contribution in [1.82, 2.24) is 10.3 Å². The molecular weight excluding hydrogens is 203 g/mol. The summed E-state index contributed by atoms with van der Waals surface area (Å²) in [5, 5.41) is 3.42. The fourth-order valence-corrected chi connectivity index (χ4v) is 2.80. The Hall–Kier alpha value is -1.22. The number of nitrogens with one attached hydrogen (secondary N) is 1. The Labute approximate surface area is 94.6 Å². The summed E-state index contributed by atoms with van der Waals surface area (Å²) >= 11 is 0. The lowest BCUT2D eigenvalue weighted by atomic mass is 9.89. The van der Waals surface area contributed by atoms with Crippen molar-refractivity contribution in [3.8, 4) is 0 Å². The maximum atomic E-state index is 13.1. The van der Waals surface area contributed by atoms with Gasteiger partial charge in [0.25, 0.3) is 0 Å². The molecule has 0 saturated carbocycles. The molecular formula is C13H15FN2. The van der Waals surface area contributed by atoms with Crippen LogP contribution in [0.1, 0.15) is 18.4 Å². The lowest BCUT2D eigenvalue weighted by Crippen LogP contribution is -2.33. The Morgan fingerprint density at radius 1 is 1.38 bits per heavy atom. The molecule has 84 valence electrons. The van der Waals surface area contributed by atoms with Gasteiger partial charge in [0, 0.05) is 6.20 Å². The molecule has 1 aliphatic carbocycles. The van der Waals surface area contributed by atoms with Crippen LogP contribution >= 0.6 is 0 Å². The van der Waals surface area contributed by atoms with Crippen LogP contribution in [0, 0.1) is 17.7 Å². The Morgan fingerprint density at radius 2 is 2.31 bits per heavy atom. The summed E-state index contributed by atoms with van der Waals surface area (Å²) in [5.74, 6) is 1.14. The van der Waals surface area contributed by atoms with E-state index in [1.54, 1.807) is 12.3 Å². The lowest BCUT2D eigenvalue weighted by Gasteiger charge is -2.25. The Morgan fingerprint density at radius 3 is 3.12 bits per heavy atom. The van der Waals surface area contributed by atoms with Gasteiger partial charge in [0.15, 0.2) is 0 Å². The Balaban J connectivity index is 1.86. The van der Waals surface area contributed by atoms with Gasteiger partial charge >= 0.3 is 0 Å². The van der Waals surface area contributed by atoms with E-state index < -0.39 is 0 Å². The van der Waals surface area contributed by atoms with E-state index in [1.807, 2.05) is 0 Å². The van der Waals surface area contributed by atoms with Gasteiger partial charge in [-0.25, -0.2) is 4.39 Å². The van der Waals surface area contributed by atoms with E-state index in [9.17, 15) is 4.39 Å². The first-order valence-electron chi connectivity index (χ1n) is 5.85. The molecule has 3 rings (SSSR count). The summed E-state index contributed by atoms with van der Waals surface area (Å²) in [7, 11) is 0. The number of pyridine rings is 1. The Bertz CT molecular complexity index is 428. The number of rotatable bonds is 1. The first-order valence-corrected chi connectivity index (χ1v) is 5.85. The summed E-state index contributed by atoms with van der Waals surface area (Å²) in [6.07, 6.45) is 7.61. The maximum absolute atomic E-state index is 13.1. The van der Waals surface area contributed by atoms with E-state index in [1.165, 1.54) is 18.2 Å². The molecule has 0 aromatic carbocycles. The molecule has 0 spiro atoms. The van der Waals surface area contributed by atoms with Gasteiger partial charge in [-0.05, 0) is 55.0 Å². The quantitative estimate of drug-likeness (QED) is 0.782. The predicted molar refractivity (Wildman–Crippen MR) is 61.3 cm³/mol. The summed E-state index contributed by atoms with van der Waals surface area (Å²) in [6.45, 7) is 2.19. The first kappa shape index (κ1) is 9.97. The van der Waals surface area contributed by atoms with Gasteiger partial charge in [-0.1, -0.05) is 6.08 Å². The molecule has 0 amide bonds. The highest BCUT2D eigenvalue weighted by atomic mass is 19.1. The van der Waals surface area contributed by atoms with Gasteiger partial charge in [0.1, 0.15) is 5.82 Å². The van der Waals surface area contributed by atoms with Gasteiger partial charge in [0.2, 0.25) is 0 Å². The van der Waals surface area contributed by atoms with Crippen LogP contribution in [-0.4, -0.2) is 18.1 Å². The van der Waals surface area contributed by atoms with Crippen molar-refractivity contribution < 1.29 is 4.39 Å². The highest BCUT2D eigenvalue weighted by molar-refractivity contribution is 5.67. The molecule has 2 nitrogen and oxygen atoms in total. The van der Waals surface area contributed by atoms with E-state index in [2.05, 4.69) is 16.4 Å². The van der Waals surface area contributed by atoms with Crippen molar-refractivity contribution >= 4 is 5.57 Å². The van der Waals surface area contributed by atoms with Gasteiger partial charge in [-0.2, -0.15) is 0 Å². The largest absolute Gasteiger partial charge is 0.316 e. The monoisotopic (exact) mass is 218 g/mol. The molecule has 2 atom stereocenters. The van der Waals surface area contributed by atoms with Crippen LogP contribution in [0.4, 0.5) is 4.39 Å². The number of allylic oxidation sites excluding steroid dienone is 2. The van der Waals surface area contributed by atoms with Crippen molar-refractivity contribution in [2.24, 2.45) is 11.8 Å². The number of halogens is 1. The molecule has 1 aromatic heterocycles. The molecule has 1 N–H and O–H groups in total. The lowest BCUT2D eigenvalue weighted by molar-refractivity contribution is 0.324. The van der Waals surface area contributed by atoms with E-state index >= 15 is 0 Å². The van der Waals surface area contributed by atoms with Gasteiger partial charge in [0.05, 0.1) is 6.20 Å². The van der Waals surface area contributed by atoms with Gasteiger partial charge in [-0.15, -0.1) is 0 Å². The molecule has 1 saturated heterocycles. The molecule has 1 fully saturated rings. The molecule has 16 heavy (non-hydrogen) atoms. The SMILES string of the molecule is Fc1cncc(C2=C[C@H]3CCNC[C@H]3C2)c1. The molecule has 0 unspecified atom stereocenters. The van der Waals surface area contributed by atoms with Crippen LogP contribution in [-0.2, 0) is 0 Å². The normalized spacial score (nSPS) is 28.7. The number of fused-ring (bicyclic) bond motifs is 1. The first-order chi connectivity index (χ1) is 7.83. The van der Waals surface area contributed by atoms with Crippen LogP contribution < -0.4 is 5.32 Å². The number of nitrogens with zero attached hydrogens (tertiary/aromatic N) is 1. The summed E-state index contributed by atoms with van der Waals surface area (Å²) in [5.41, 5.74) is 2.22. The van der Waals surface area contributed by atoms with Crippen LogP contribution in [0.2, 0.25) is 0 Å². The van der Waals surface area contributed by atoms with Crippen LogP contribution in [0.25, 0.3) is 5.57 Å².